The van der Waals surface area contributed by atoms with E-state index in [1.807, 2.05) is 0 Å². The van der Waals surface area contributed by atoms with Crippen molar-refractivity contribution in [3.05, 3.63) is 23.0 Å². The van der Waals surface area contributed by atoms with E-state index in [2.05, 4.69) is 38.9 Å². The highest BCUT2D eigenvalue weighted by Gasteiger charge is 2.47. The standard InChI is InChI=1S/C21H34N8O16P2/c22-8(20(35)36)2-1-3-24-21(23)28-18-14(32)12(30)9(43-18)4-41-46(37,38)45-47(39,40)42-5-10-13(31)15(33)19(44-10)29-7-27-11-16(29)25-6-26-17(11)34/h6-10,12-15,18-19,30-33H,1-5,22H2,(H,35,36)(H,37,38)(H,39,40)(H3,23,24,28)(H,25,26,34)/t8?,9-,10?,12?,13-,14?,15-,18?,19?/m1/s1. The van der Waals surface area contributed by atoms with Gasteiger partial charge in [0.1, 0.15) is 42.7 Å². The molecule has 8 unspecified atom stereocenters. The Morgan fingerprint density at radius 2 is 1.68 bits per heavy atom. The van der Waals surface area contributed by atoms with Crippen LogP contribution >= 0.6 is 15.6 Å². The highest BCUT2D eigenvalue weighted by molar-refractivity contribution is 7.61. The zero-order valence-corrected chi connectivity index (χ0v) is 25.8. The monoisotopic (exact) mass is 716 g/mol. The van der Waals surface area contributed by atoms with Crippen LogP contribution in [0.15, 0.2) is 17.4 Å². The van der Waals surface area contributed by atoms with Gasteiger partial charge in [-0.2, -0.15) is 4.31 Å². The minimum absolute atomic E-state index is 0.00224. The van der Waals surface area contributed by atoms with Crippen molar-refractivity contribution < 1.29 is 72.1 Å². The quantitative estimate of drug-likeness (QED) is 0.0359. The Hall–Kier alpha value is -2.93. The Kier molecular flexibility index (Phi) is 11.8. The number of imidazole rings is 1. The number of H-pyrrole nitrogens is 1. The third-order valence-electron chi connectivity index (χ3n) is 6.95. The number of aliphatic carboxylic acids is 1. The van der Waals surface area contributed by atoms with Crippen LogP contribution in [0.5, 0.6) is 0 Å². The molecule has 47 heavy (non-hydrogen) atoms. The molecule has 2 fully saturated rings. The van der Waals surface area contributed by atoms with Gasteiger partial charge in [-0.3, -0.25) is 28.6 Å². The third kappa shape index (κ3) is 9.16. The maximum Gasteiger partial charge on any atom is 0.481 e. The summed E-state index contributed by atoms with van der Waals surface area (Å²) in [5, 5.41) is 62.9. The van der Waals surface area contributed by atoms with Crippen LogP contribution in [-0.4, -0.2) is 135 Å². The molecule has 4 heterocycles. The van der Waals surface area contributed by atoms with E-state index in [4.69, 9.17) is 25.7 Å². The van der Waals surface area contributed by atoms with Gasteiger partial charge >= 0.3 is 21.6 Å². The van der Waals surface area contributed by atoms with Crippen molar-refractivity contribution in [1.82, 2.24) is 30.2 Å². The fraction of sp³-hybridized carbons (Fsp3) is 0.667. The molecule has 11 atom stereocenters. The predicted octanol–water partition coefficient (Wildman–Crippen LogP) is -4.26. The van der Waals surface area contributed by atoms with E-state index in [1.54, 1.807) is 0 Å². The lowest BCUT2D eigenvalue weighted by atomic mass is 10.1. The maximum absolute atomic E-state index is 12.4. The van der Waals surface area contributed by atoms with Gasteiger partial charge < -0.3 is 66.1 Å². The molecule has 0 bridgehead atoms. The highest BCUT2D eigenvalue weighted by Crippen LogP contribution is 2.60. The number of guanidine groups is 1. The smallest absolute Gasteiger partial charge is 0.480 e. The van der Waals surface area contributed by atoms with E-state index in [1.165, 1.54) is 0 Å². The van der Waals surface area contributed by atoms with E-state index < -0.39 is 95.5 Å². The maximum atomic E-state index is 12.4. The summed E-state index contributed by atoms with van der Waals surface area (Å²) in [5.41, 5.74) is 4.71. The van der Waals surface area contributed by atoms with Crippen molar-refractivity contribution in [2.75, 3.05) is 19.8 Å². The summed E-state index contributed by atoms with van der Waals surface area (Å²) >= 11 is 0. The highest BCUT2D eigenvalue weighted by atomic mass is 31.3. The number of aliphatic hydroxyl groups excluding tert-OH is 4. The third-order valence-corrected chi connectivity index (χ3v) is 9.55. The van der Waals surface area contributed by atoms with Crippen LogP contribution in [0, 0.1) is 5.41 Å². The number of nitrogens with two attached hydrogens (primary N) is 1. The number of hydrogen-bond donors (Lipinski definition) is 12. The first-order valence-corrected chi connectivity index (χ1v) is 16.7. The minimum atomic E-state index is -5.41. The van der Waals surface area contributed by atoms with Gasteiger partial charge in [0.05, 0.1) is 25.9 Å². The van der Waals surface area contributed by atoms with E-state index in [9.17, 15) is 48.9 Å². The molecular formula is C21H34N8O16P2. The van der Waals surface area contributed by atoms with Crippen molar-refractivity contribution in [3.8, 4) is 0 Å². The van der Waals surface area contributed by atoms with E-state index in [-0.39, 0.29) is 36.5 Å². The molecule has 0 aliphatic carbocycles. The van der Waals surface area contributed by atoms with Gasteiger partial charge in [0, 0.05) is 6.54 Å². The predicted molar refractivity (Wildman–Crippen MR) is 151 cm³/mol. The first-order chi connectivity index (χ1) is 22.0. The second-order valence-corrected chi connectivity index (χ2v) is 13.4. The lowest BCUT2D eigenvalue weighted by Crippen LogP contribution is -2.48. The summed E-state index contributed by atoms with van der Waals surface area (Å²) in [7, 11) is -10.8. The molecule has 26 heteroatoms. The normalized spacial score (nSPS) is 30.9. The molecule has 24 nitrogen and oxygen atoms in total. The fourth-order valence-corrected chi connectivity index (χ4v) is 6.61. The topological polar surface area (TPSA) is 376 Å². The Morgan fingerprint density at radius 3 is 2.32 bits per heavy atom. The number of carboxylic acids is 1. The number of carbonyl (C=O) groups is 1. The number of aromatic nitrogens is 4. The number of fused-ring (bicyclic) bond motifs is 1. The Labute approximate surface area is 263 Å². The van der Waals surface area contributed by atoms with Crippen LogP contribution in [0.1, 0.15) is 19.1 Å². The summed E-state index contributed by atoms with van der Waals surface area (Å²) < 4.78 is 50.2. The lowest BCUT2D eigenvalue weighted by Gasteiger charge is -2.20. The fourth-order valence-electron chi connectivity index (χ4n) is 4.52. The largest absolute Gasteiger partial charge is 0.481 e. The zero-order valence-electron chi connectivity index (χ0n) is 24.0. The molecule has 13 N–H and O–H groups in total. The van der Waals surface area contributed by atoms with Crippen LogP contribution in [0.25, 0.3) is 11.2 Å². The Balaban J connectivity index is 1.23. The molecule has 0 radical (unpaired) electrons. The molecule has 264 valence electrons. The van der Waals surface area contributed by atoms with Gasteiger partial charge in [-0.25, -0.2) is 19.1 Å². The van der Waals surface area contributed by atoms with E-state index >= 15 is 0 Å². The average molecular weight is 716 g/mol. The van der Waals surface area contributed by atoms with Gasteiger partial charge in [0.25, 0.3) is 5.56 Å². The van der Waals surface area contributed by atoms with Gasteiger partial charge in [-0.05, 0) is 12.8 Å². The Morgan fingerprint density at radius 1 is 1.06 bits per heavy atom. The van der Waals surface area contributed by atoms with Gasteiger partial charge in [-0.1, -0.05) is 0 Å². The van der Waals surface area contributed by atoms with Crippen molar-refractivity contribution in [3.63, 3.8) is 0 Å². The molecule has 0 spiro atoms. The van der Waals surface area contributed by atoms with Crippen molar-refractivity contribution in [2.45, 2.75) is 68.0 Å². The zero-order chi connectivity index (χ0) is 34.7. The minimum Gasteiger partial charge on any atom is -0.480 e. The summed E-state index contributed by atoms with van der Waals surface area (Å²) in [4.78, 5) is 52.7. The van der Waals surface area contributed by atoms with Gasteiger partial charge in [0.15, 0.2) is 29.6 Å². The number of phosphoric acid groups is 2. The van der Waals surface area contributed by atoms with Crippen LogP contribution in [0.4, 0.5) is 0 Å². The lowest BCUT2D eigenvalue weighted by molar-refractivity contribution is -0.138. The first-order valence-electron chi connectivity index (χ1n) is 13.7. The molecule has 2 aromatic heterocycles. The van der Waals surface area contributed by atoms with Gasteiger partial charge in [0.2, 0.25) is 0 Å². The van der Waals surface area contributed by atoms with Crippen molar-refractivity contribution in [1.29, 1.82) is 5.41 Å². The molecule has 0 saturated carbocycles. The average Bonchev–Trinajstić information content (AvgIpc) is 3.63. The molecular weight excluding hydrogens is 682 g/mol. The molecule has 2 aromatic rings. The number of nitrogens with one attached hydrogen (secondary N) is 4. The first kappa shape index (κ1) is 36.9. The Bertz CT molecular complexity index is 1580. The number of aromatic amines is 1. The number of nitrogens with zero attached hydrogens (tertiary/aromatic N) is 3. The molecule has 2 aliphatic heterocycles. The SMILES string of the molecule is N=C(NCCCC(N)C(=O)O)NC1O[C@H](COP(=O)(O)OP(=O)(O)OCC2OC(n3cnc4c(=O)[nH]cnc43)[C@H](O)[C@@H]2O)C(O)C1O. The summed E-state index contributed by atoms with van der Waals surface area (Å²) in [5.74, 6) is -1.55. The molecule has 0 amide bonds. The number of hydrogen-bond acceptors (Lipinski definition) is 17. The van der Waals surface area contributed by atoms with Gasteiger partial charge in [-0.15, -0.1) is 0 Å². The second-order valence-electron chi connectivity index (χ2n) is 10.3. The van der Waals surface area contributed by atoms with Crippen molar-refractivity contribution >= 4 is 38.7 Å². The summed E-state index contributed by atoms with van der Waals surface area (Å²) in [6, 6.07) is -1.08. The van der Waals surface area contributed by atoms with Crippen molar-refractivity contribution in [2.24, 2.45) is 5.73 Å². The number of phosphoric ester groups is 2. The summed E-state index contributed by atoms with van der Waals surface area (Å²) in [6.07, 6.45) is -9.88. The van der Waals surface area contributed by atoms with Crippen LogP contribution in [0.2, 0.25) is 0 Å². The van der Waals surface area contributed by atoms with E-state index in [0.717, 1.165) is 17.2 Å². The molecule has 2 aliphatic rings. The van der Waals surface area contributed by atoms with Crippen LogP contribution < -0.4 is 21.9 Å². The van der Waals surface area contributed by atoms with Crippen LogP contribution in [0.3, 0.4) is 0 Å². The molecule has 4 rings (SSSR count). The second kappa shape index (κ2) is 15.1. The molecule has 0 aromatic carbocycles. The number of aliphatic hydroxyl groups is 4. The summed E-state index contributed by atoms with van der Waals surface area (Å²) in [6.45, 7) is -1.76. The number of rotatable bonds is 15. The number of ether oxygens (including phenoxy) is 2. The molecule has 2 saturated heterocycles. The van der Waals surface area contributed by atoms with E-state index in [0.29, 0.717) is 0 Å². The number of carboxylic acid groups (broad SMARTS) is 1. The van der Waals surface area contributed by atoms with Crippen LogP contribution in [-0.2, 0) is 36.8 Å².